The van der Waals surface area contributed by atoms with Gasteiger partial charge in [-0.2, -0.15) is 0 Å². The second-order valence-corrected chi connectivity index (χ2v) is 6.58. The van der Waals surface area contributed by atoms with Crippen LogP contribution in [0.4, 0.5) is 5.69 Å². The van der Waals surface area contributed by atoms with Gasteiger partial charge in [-0.15, -0.1) is 0 Å². The monoisotopic (exact) mass is 372 g/mol. The van der Waals surface area contributed by atoms with Crippen molar-refractivity contribution in [3.8, 4) is 11.5 Å². The van der Waals surface area contributed by atoms with Crippen LogP contribution in [-0.2, 0) is 9.53 Å². The molecule has 7 nitrogen and oxygen atoms in total. The first kappa shape index (κ1) is 18.8. The molecule has 1 N–H and O–H groups in total. The first-order valence-corrected chi connectivity index (χ1v) is 8.82. The third-order valence-corrected chi connectivity index (χ3v) is 4.63. The molecular weight excluding hydrogens is 348 g/mol. The van der Waals surface area contributed by atoms with Crippen molar-refractivity contribution >= 4 is 17.6 Å². The molecule has 0 saturated heterocycles. The van der Waals surface area contributed by atoms with Crippen LogP contribution in [0.2, 0.25) is 0 Å². The number of amides is 1. The van der Waals surface area contributed by atoms with E-state index >= 15 is 0 Å². The summed E-state index contributed by atoms with van der Waals surface area (Å²) >= 11 is 0. The Kier molecular flexibility index (Phi) is 5.39. The van der Waals surface area contributed by atoms with E-state index < -0.39 is 11.9 Å². The Labute approximate surface area is 158 Å². The van der Waals surface area contributed by atoms with Crippen molar-refractivity contribution < 1.29 is 23.8 Å². The lowest BCUT2D eigenvalue weighted by Crippen LogP contribution is -2.21. The second kappa shape index (κ2) is 7.73. The Morgan fingerprint density at radius 3 is 2.52 bits per heavy atom. The number of esters is 1. The van der Waals surface area contributed by atoms with E-state index in [0.717, 1.165) is 24.2 Å². The van der Waals surface area contributed by atoms with Crippen molar-refractivity contribution in [1.82, 2.24) is 4.57 Å². The highest BCUT2D eigenvalue weighted by Gasteiger charge is 2.28. The van der Waals surface area contributed by atoms with Gasteiger partial charge >= 0.3 is 5.97 Å². The lowest BCUT2D eigenvalue weighted by atomic mass is 10.2. The third-order valence-electron chi connectivity index (χ3n) is 4.63. The largest absolute Gasteiger partial charge is 0.497 e. The molecule has 1 aromatic heterocycles. The van der Waals surface area contributed by atoms with Gasteiger partial charge in [0.25, 0.3) is 5.91 Å². The van der Waals surface area contributed by atoms with Crippen LogP contribution in [-0.4, -0.2) is 37.3 Å². The molecule has 1 aliphatic rings. The predicted molar refractivity (Wildman–Crippen MR) is 101 cm³/mol. The van der Waals surface area contributed by atoms with E-state index in [-0.39, 0.29) is 6.61 Å². The molecule has 1 saturated carbocycles. The fourth-order valence-electron chi connectivity index (χ4n) is 3.19. The first-order valence-electron chi connectivity index (χ1n) is 8.82. The topological polar surface area (TPSA) is 78.8 Å². The van der Waals surface area contributed by atoms with Gasteiger partial charge in [0.15, 0.2) is 6.61 Å². The van der Waals surface area contributed by atoms with Gasteiger partial charge in [-0.3, -0.25) is 4.79 Å². The molecule has 2 aromatic rings. The number of nitrogens with zero attached hydrogens (tertiary/aromatic N) is 1. The molecule has 1 aromatic carbocycles. The minimum absolute atomic E-state index is 0.383. The summed E-state index contributed by atoms with van der Waals surface area (Å²) < 4.78 is 17.7. The average Bonchev–Trinajstić information content (AvgIpc) is 3.44. The van der Waals surface area contributed by atoms with Gasteiger partial charge in [-0.25, -0.2) is 4.79 Å². The SMILES string of the molecule is COc1ccc(OC)c(NC(=O)COC(=O)c2cc(C)n(C3CC3)c2C)c1. The Bertz CT molecular complexity index is 867. The van der Waals surface area contributed by atoms with Crippen molar-refractivity contribution in [2.24, 2.45) is 0 Å². The number of nitrogens with one attached hydrogen (secondary N) is 1. The Balaban J connectivity index is 1.63. The Hall–Kier alpha value is -2.96. The summed E-state index contributed by atoms with van der Waals surface area (Å²) in [7, 11) is 3.04. The maximum absolute atomic E-state index is 12.4. The standard InChI is InChI=1S/C20H24N2O5/c1-12-9-16(13(2)22(12)14-5-6-14)20(24)27-11-19(23)21-17-10-15(25-3)7-8-18(17)26-4/h7-10,14H,5-6,11H2,1-4H3,(H,21,23). The summed E-state index contributed by atoms with van der Waals surface area (Å²) in [5.74, 6) is 0.118. The van der Waals surface area contributed by atoms with Gasteiger partial charge in [0.1, 0.15) is 11.5 Å². The number of aromatic nitrogens is 1. The molecule has 1 aliphatic carbocycles. The van der Waals surface area contributed by atoms with Crippen LogP contribution in [0.25, 0.3) is 0 Å². The number of rotatable bonds is 7. The fourth-order valence-corrected chi connectivity index (χ4v) is 3.19. The Morgan fingerprint density at radius 2 is 1.89 bits per heavy atom. The average molecular weight is 372 g/mol. The van der Waals surface area contributed by atoms with Crippen LogP contribution >= 0.6 is 0 Å². The van der Waals surface area contributed by atoms with E-state index in [1.54, 1.807) is 18.2 Å². The molecule has 0 bridgehead atoms. The van der Waals surface area contributed by atoms with Gasteiger partial charge in [0.2, 0.25) is 0 Å². The number of ether oxygens (including phenoxy) is 3. The summed E-state index contributed by atoms with van der Waals surface area (Å²) in [5, 5.41) is 2.68. The maximum atomic E-state index is 12.4. The number of carbonyl (C=O) groups excluding carboxylic acids is 2. The predicted octanol–water partition coefficient (Wildman–Crippen LogP) is 3.25. The smallest absolute Gasteiger partial charge is 0.340 e. The molecule has 0 unspecified atom stereocenters. The summed E-state index contributed by atoms with van der Waals surface area (Å²) in [4.78, 5) is 24.6. The lowest BCUT2D eigenvalue weighted by Gasteiger charge is -2.12. The number of benzene rings is 1. The van der Waals surface area contributed by atoms with Crippen molar-refractivity contribution in [1.29, 1.82) is 0 Å². The molecule has 3 rings (SSSR count). The van der Waals surface area contributed by atoms with E-state index in [2.05, 4.69) is 9.88 Å². The highest BCUT2D eigenvalue weighted by molar-refractivity contribution is 5.97. The molecule has 1 amide bonds. The minimum atomic E-state index is -0.497. The number of hydrogen-bond donors (Lipinski definition) is 1. The molecule has 1 fully saturated rings. The molecule has 0 atom stereocenters. The van der Waals surface area contributed by atoms with E-state index in [1.807, 2.05) is 19.9 Å². The lowest BCUT2D eigenvalue weighted by molar-refractivity contribution is -0.119. The number of methoxy groups -OCH3 is 2. The van der Waals surface area contributed by atoms with Crippen LogP contribution in [0, 0.1) is 13.8 Å². The molecule has 0 aliphatic heterocycles. The third kappa shape index (κ3) is 4.07. The van der Waals surface area contributed by atoms with E-state index in [9.17, 15) is 9.59 Å². The molecular formula is C20H24N2O5. The summed E-state index contributed by atoms with van der Waals surface area (Å²) in [6.07, 6.45) is 2.27. The maximum Gasteiger partial charge on any atom is 0.340 e. The van der Waals surface area contributed by atoms with Gasteiger partial charge in [-0.1, -0.05) is 0 Å². The first-order chi connectivity index (χ1) is 12.9. The molecule has 0 radical (unpaired) electrons. The Morgan fingerprint density at radius 1 is 1.15 bits per heavy atom. The highest BCUT2D eigenvalue weighted by Crippen LogP contribution is 2.38. The fraction of sp³-hybridized carbons (Fsp3) is 0.400. The number of hydrogen-bond acceptors (Lipinski definition) is 5. The zero-order valence-electron chi connectivity index (χ0n) is 16.0. The van der Waals surface area contributed by atoms with Crippen molar-refractivity contribution in [2.45, 2.75) is 32.7 Å². The summed E-state index contributed by atoms with van der Waals surface area (Å²) in [5.41, 5.74) is 2.87. The summed E-state index contributed by atoms with van der Waals surface area (Å²) in [6, 6.07) is 7.35. The van der Waals surface area contributed by atoms with Crippen molar-refractivity contribution in [2.75, 3.05) is 26.1 Å². The van der Waals surface area contributed by atoms with Crippen LogP contribution in [0.15, 0.2) is 24.3 Å². The highest BCUT2D eigenvalue weighted by atomic mass is 16.5. The minimum Gasteiger partial charge on any atom is -0.497 e. The van der Waals surface area contributed by atoms with Gasteiger partial charge < -0.3 is 24.1 Å². The normalized spacial score (nSPS) is 13.2. The zero-order valence-corrected chi connectivity index (χ0v) is 16.0. The quantitative estimate of drug-likeness (QED) is 0.755. The van der Waals surface area contributed by atoms with E-state index in [0.29, 0.717) is 28.8 Å². The van der Waals surface area contributed by atoms with E-state index in [1.165, 1.54) is 14.2 Å². The molecule has 0 spiro atoms. The van der Waals surface area contributed by atoms with Crippen LogP contribution in [0.5, 0.6) is 11.5 Å². The number of aryl methyl sites for hydroxylation is 1. The molecule has 1 heterocycles. The van der Waals surface area contributed by atoms with Gasteiger partial charge in [0.05, 0.1) is 25.5 Å². The molecule has 27 heavy (non-hydrogen) atoms. The summed E-state index contributed by atoms with van der Waals surface area (Å²) in [6.45, 7) is 3.50. The van der Waals surface area contributed by atoms with Crippen molar-refractivity contribution in [3.05, 3.63) is 41.2 Å². The molecule has 144 valence electrons. The van der Waals surface area contributed by atoms with Crippen molar-refractivity contribution in [3.63, 3.8) is 0 Å². The van der Waals surface area contributed by atoms with Crippen LogP contribution < -0.4 is 14.8 Å². The zero-order chi connectivity index (χ0) is 19.6. The van der Waals surface area contributed by atoms with Crippen LogP contribution in [0.1, 0.15) is 40.6 Å². The number of carbonyl (C=O) groups is 2. The molecule has 7 heteroatoms. The second-order valence-electron chi connectivity index (χ2n) is 6.58. The van der Waals surface area contributed by atoms with E-state index in [4.69, 9.17) is 14.2 Å². The van der Waals surface area contributed by atoms with Gasteiger partial charge in [-0.05, 0) is 44.9 Å². The van der Waals surface area contributed by atoms with Gasteiger partial charge in [0, 0.05) is 23.5 Å². The number of anilines is 1. The van der Waals surface area contributed by atoms with Crippen LogP contribution in [0.3, 0.4) is 0 Å².